The second-order valence-electron chi connectivity index (χ2n) is 8.91. The van der Waals surface area contributed by atoms with Crippen LogP contribution in [0.2, 0.25) is 0 Å². The van der Waals surface area contributed by atoms with Crippen molar-refractivity contribution < 1.29 is 23.1 Å². The maximum Gasteiger partial charge on any atom is 0.238 e. The van der Waals surface area contributed by atoms with Gasteiger partial charge in [0.05, 0.1) is 29.3 Å². The van der Waals surface area contributed by atoms with Gasteiger partial charge in [-0.2, -0.15) is 0 Å². The molecule has 204 valence electrons. The van der Waals surface area contributed by atoms with Gasteiger partial charge in [0.15, 0.2) is 4.77 Å². The summed E-state index contributed by atoms with van der Waals surface area (Å²) in [6.45, 7) is 3.00. The van der Waals surface area contributed by atoms with E-state index in [0.29, 0.717) is 41.4 Å². The predicted molar refractivity (Wildman–Crippen MR) is 152 cm³/mol. The summed E-state index contributed by atoms with van der Waals surface area (Å²) in [5.41, 5.74) is 2.48. The SMILES string of the molecule is CCCOc1ccc(NC(=O)Cc2c(O)n(-c3ccccc3)c(=S)n2CCc2ccc(S(N)(=O)=O)cc2)cc1. The summed E-state index contributed by atoms with van der Waals surface area (Å²) in [5.74, 6) is 0.284. The maximum absolute atomic E-state index is 13.0. The lowest BCUT2D eigenvalue weighted by molar-refractivity contribution is -0.115. The zero-order valence-corrected chi connectivity index (χ0v) is 23.0. The topological polar surface area (TPSA) is 129 Å². The largest absolute Gasteiger partial charge is 0.494 e. The second-order valence-corrected chi connectivity index (χ2v) is 10.8. The molecule has 3 aromatic carbocycles. The molecule has 0 spiro atoms. The second kappa shape index (κ2) is 12.3. The molecule has 0 saturated carbocycles. The lowest BCUT2D eigenvalue weighted by Gasteiger charge is -2.10. The Morgan fingerprint density at radius 2 is 1.69 bits per heavy atom. The van der Waals surface area contributed by atoms with E-state index in [0.717, 1.165) is 17.7 Å². The van der Waals surface area contributed by atoms with E-state index in [9.17, 15) is 18.3 Å². The predicted octanol–water partition coefficient (Wildman–Crippen LogP) is 4.57. The molecule has 4 rings (SSSR count). The fourth-order valence-corrected chi connectivity index (χ4v) is 5.00. The minimum absolute atomic E-state index is 0.0260. The minimum Gasteiger partial charge on any atom is -0.494 e. The van der Waals surface area contributed by atoms with E-state index in [4.69, 9.17) is 22.1 Å². The molecule has 0 radical (unpaired) electrons. The van der Waals surface area contributed by atoms with E-state index >= 15 is 0 Å². The van der Waals surface area contributed by atoms with E-state index in [2.05, 4.69) is 5.32 Å². The zero-order chi connectivity index (χ0) is 28.0. The van der Waals surface area contributed by atoms with Gasteiger partial charge >= 0.3 is 0 Å². The first-order valence-electron chi connectivity index (χ1n) is 12.4. The number of aryl methyl sites for hydroxylation is 1. The van der Waals surface area contributed by atoms with Gasteiger partial charge < -0.3 is 19.7 Å². The Kier molecular flexibility index (Phi) is 8.85. The molecule has 1 amide bonds. The molecule has 0 aliphatic rings. The van der Waals surface area contributed by atoms with Crippen LogP contribution in [0.1, 0.15) is 24.6 Å². The van der Waals surface area contributed by atoms with Crippen LogP contribution in [-0.4, -0.2) is 35.2 Å². The van der Waals surface area contributed by atoms with Crippen molar-refractivity contribution in [2.75, 3.05) is 11.9 Å². The molecule has 39 heavy (non-hydrogen) atoms. The van der Waals surface area contributed by atoms with Crippen LogP contribution in [0.15, 0.2) is 83.8 Å². The molecule has 0 bridgehead atoms. The number of aromatic nitrogens is 2. The van der Waals surface area contributed by atoms with E-state index in [1.165, 1.54) is 16.7 Å². The number of aromatic hydroxyl groups is 1. The Morgan fingerprint density at radius 1 is 1.03 bits per heavy atom. The number of hydrogen-bond donors (Lipinski definition) is 3. The standard InChI is InChI=1S/C28H30N4O5S2/c1-2-18-37-23-12-10-21(11-13-23)30-26(33)19-25-27(34)32(22-6-4-3-5-7-22)28(38)31(25)17-16-20-8-14-24(15-9-20)39(29,35)36/h3-15,34H,2,16-19H2,1H3,(H,30,33)(H2,29,35,36). The van der Waals surface area contributed by atoms with E-state index in [1.807, 2.05) is 37.3 Å². The number of amides is 1. The van der Waals surface area contributed by atoms with Gasteiger partial charge in [0.25, 0.3) is 0 Å². The maximum atomic E-state index is 13.0. The van der Waals surface area contributed by atoms with Crippen molar-refractivity contribution in [2.24, 2.45) is 5.14 Å². The molecule has 0 saturated heterocycles. The van der Waals surface area contributed by atoms with E-state index in [-0.39, 0.29) is 23.1 Å². The van der Waals surface area contributed by atoms with Crippen LogP contribution in [-0.2, 0) is 34.2 Å². The third kappa shape index (κ3) is 6.94. The molecule has 0 aliphatic heterocycles. The minimum atomic E-state index is -3.79. The lowest BCUT2D eigenvalue weighted by Crippen LogP contribution is -2.17. The molecule has 0 fully saturated rings. The van der Waals surface area contributed by atoms with Crippen molar-refractivity contribution in [3.05, 3.63) is 94.9 Å². The van der Waals surface area contributed by atoms with Gasteiger partial charge in [-0.25, -0.2) is 13.6 Å². The van der Waals surface area contributed by atoms with Gasteiger partial charge in [-0.15, -0.1) is 0 Å². The Balaban J connectivity index is 1.58. The summed E-state index contributed by atoms with van der Waals surface area (Å²) < 4.78 is 32.3. The normalized spacial score (nSPS) is 11.3. The number of rotatable bonds is 11. The van der Waals surface area contributed by atoms with Crippen LogP contribution in [0.3, 0.4) is 0 Å². The number of primary sulfonamides is 1. The number of hydrogen-bond acceptors (Lipinski definition) is 6. The Bertz CT molecular complexity index is 1590. The molecule has 4 aromatic rings. The van der Waals surface area contributed by atoms with Gasteiger partial charge in [0, 0.05) is 12.2 Å². The highest BCUT2D eigenvalue weighted by atomic mass is 32.2. The van der Waals surface area contributed by atoms with Gasteiger partial charge in [-0.3, -0.25) is 9.36 Å². The fourth-order valence-electron chi connectivity index (χ4n) is 4.09. The highest BCUT2D eigenvalue weighted by molar-refractivity contribution is 7.89. The van der Waals surface area contributed by atoms with Gasteiger partial charge in [-0.1, -0.05) is 37.3 Å². The summed E-state index contributed by atoms with van der Waals surface area (Å²) in [6, 6.07) is 22.5. The zero-order valence-electron chi connectivity index (χ0n) is 21.4. The summed E-state index contributed by atoms with van der Waals surface area (Å²) in [7, 11) is -3.79. The van der Waals surface area contributed by atoms with Crippen molar-refractivity contribution in [2.45, 2.75) is 37.6 Å². The number of carbonyl (C=O) groups excluding carboxylic acids is 1. The highest BCUT2D eigenvalue weighted by Crippen LogP contribution is 2.27. The van der Waals surface area contributed by atoms with Crippen molar-refractivity contribution >= 4 is 33.8 Å². The third-order valence-electron chi connectivity index (χ3n) is 6.05. The average Bonchev–Trinajstić information content (AvgIpc) is 3.15. The molecule has 0 unspecified atom stereocenters. The first-order chi connectivity index (χ1) is 18.7. The number of anilines is 1. The molecule has 1 heterocycles. The molecular weight excluding hydrogens is 536 g/mol. The smallest absolute Gasteiger partial charge is 0.238 e. The number of nitrogens with one attached hydrogen (secondary N) is 1. The van der Waals surface area contributed by atoms with E-state index < -0.39 is 10.0 Å². The number of imidazole rings is 1. The fraction of sp³-hybridized carbons (Fsp3) is 0.214. The van der Waals surface area contributed by atoms with Crippen LogP contribution in [0.4, 0.5) is 5.69 Å². The lowest BCUT2D eigenvalue weighted by atomic mass is 10.1. The molecule has 0 aliphatic carbocycles. The first kappa shape index (κ1) is 28.1. The number of para-hydroxylation sites is 1. The third-order valence-corrected chi connectivity index (χ3v) is 7.38. The van der Waals surface area contributed by atoms with Crippen molar-refractivity contribution in [1.82, 2.24) is 9.13 Å². The quantitative estimate of drug-likeness (QED) is 0.228. The number of sulfonamides is 1. The number of nitrogens with two attached hydrogens (primary N) is 1. The Labute approximate surface area is 232 Å². The summed E-state index contributed by atoms with van der Waals surface area (Å²) in [5, 5.41) is 19.3. The van der Waals surface area contributed by atoms with Gasteiger partial charge in [0.1, 0.15) is 5.75 Å². The van der Waals surface area contributed by atoms with E-state index in [1.54, 1.807) is 41.0 Å². The molecule has 9 nitrogen and oxygen atoms in total. The number of ether oxygens (including phenoxy) is 1. The molecular formula is C28H30N4O5S2. The molecule has 4 N–H and O–H groups in total. The van der Waals surface area contributed by atoms with Crippen molar-refractivity contribution in [3.63, 3.8) is 0 Å². The first-order valence-corrected chi connectivity index (χ1v) is 14.4. The molecule has 1 aromatic heterocycles. The number of benzene rings is 3. The molecule has 0 atom stereocenters. The van der Waals surface area contributed by atoms with Crippen LogP contribution >= 0.6 is 12.2 Å². The van der Waals surface area contributed by atoms with Crippen LogP contribution in [0.25, 0.3) is 5.69 Å². The summed E-state index contributed by atoms with van der Waals surface area (Å²) in [6.07, 6.45) is 1.26. The van der Waals surface area contributed by atoms with Gasteiger partial charge in [0.2, 0.25) is 21.8 Å². The van der Waals surface area contributed by atoms with Crippen LogP contribution < -0.4 is 15.2 Å². The number of carbonyl (C=O) groups is 1. The van der Waals surface area contributed by atoms with Gasteiger partial charge in [-0.05, 0) is 79.2 Å². The van der Waals surface area contributed by atoms with Crippen molar-refractivity contribution in [1.29, 1.82) is 0 Å². The monoisotopic (exact) mass is 566 g/mol. The highest BCUT2D eigenvalue weighted by Gasteiger charge is 2.21. The average molecular weight is 567 g/mol. The summed E-state index contributed by atoms with van der Waals surface area (Å²) in [4.78, 5) is 13.1. The Hall–Kier alpha value is -3.93. The van der Waals surface area contributed by atoms with Crippen molar-refractivity contribution in [3.8, 4) is 17.3 Å². The van der Waals surface area contributed by atoms with Crippen LogP contribution in [0.5, 0.6) is 11.6 Å². The summed E-state index contributed by atoms with van der Waals surface area (Å²) >= 11 is 5.72. The number of nitrogens with zero attached hydrogens (tertiary/aromatic N) is 2. The molecule has 11 heteroatoms. The Morgan fingerprint density at radius 3 is 2.31 bits per heavy atom. The van der Waals surface area contributed by atoms with Crippen LogP contribution in [0, 0.1) is 4.77 Å².